The molecule has 91 heavy (non-hydrogen) atoms. The van der Waals surface area contributed by atoms with E-state index in [2.05, 4.69) is 43.7 Å². The Labute approximate surface area is 522 Å². The highest BCUT2D eigenvalue weighted by Crippen LogP contribution is 2.47. The summed E-state index contributed by atoms with van der Waals surface area (Å²) in [4.78, 5) is 23.5. The number of alkyl halides is 3. The molecule has 9 atom stereocenters. The minimum atomic E-state index is -1.98. The lowest BCUT2D eigenvalue weighted by atomic mass is 9.86. The van der Waals surface area contributed by atoms with Crippen molar-refractivity contribution < 1.29 is 59.2 Å². The minimum Gasteiger partial charge on any atom is -0.393 e. The second-order valence-corrected chi connectivity index (χ2v) is 25.6. The van der Waals surface area contributed by atoms with Gasteiger partial charge in [0.2, 0.25) is 5.95 Å². The third-order valence-electron chi connectivity index (χ3n) is 18.2. The summed E-state index contributed by atoms with van der Waals surface area (Å²) >= 11 is 0. The van der Waals surface area contributed by atoms with E-state index in [0.29, 0.717) is 53.7 Å². The molecule has 0 saturated carbocycles. The molecule has 3 aliphatic heterocycles. The van der Waals surface area contributed by atoms with Crippen molar-refractivity contribution in [2.75, 3.05) is 39.5 Å². The Morgan fingerprint density at radius 1 is 0.473 bits per heavy atom. The molecular formula is C70H78F10N8O3. The smallest absolute Gasteiger partial charge is 0.221 e. The molecule has 486 valence electrons. The summed E-state index contributed by atoms with van der Waals surface area (Å²) in [5, 5.41) is 31.0. The third kappa shape index (κ3) is 13.6. The van der Waals surface area contributed by atoms with E-state index in [1.807, 2.05) is 45.2 Å². The SMILES string of the molecule is CCc1cc(F)c(C2c3[nH]c4cc(F)ccc4c3CC(C)N2CC(C)(F)CO)c(F)c1.CCc1cc(F)c(C2c3[nH]c4cc(F)ccc4c3CC(C)N2CC(C)(F)CO)c(F)n1.CCc1ccc(C2c3[nH]c4cc(F)ccc4c3CC(C)N2CC(C)(F)CO)cn1. The summed E-state index contributed by atoms with van der Waals surface area (Å²) in [6, 6.07) is 18.6. The molecule has 3 aliphatic rings. The Kier molecular flexibility index (Phi) is 19.4. The monoisotopic (exact) mass is 1270 g/mol. The molecular weight excluding hydrogens is 1190 g/mol. The van der Waals surface area contributed by atoms with Gasteiger partial charge in [0.05, 0.1) is 43.5 Å². The van der Waals surface area contributed by atoms with Gasteiger partial charge in [-0.25, -0.2) is 44.5 Å². The van der Waals surface area contributed by atoms with Crippen molar-refractivity contribution in [3.8, 4) is 0 Å². The van der Waals surface area contributed by atoms with Gasteiger partial charge in [0, 0.05) is 111 Å². The predicted octanol–water partition coefficient (Wildman–Crippen LogP) is 14.1. The fourth-order valence-electron chi connectivity index (χ4n) is 13.5. The lowest BCUT2D eigenvalue weighted by Gasteiger charge is -2.43. The van der Waals surface area contributed by atoms with Crippen LogP contribution in [0, 0.1) is 40.9 Å². The lowest BCUT2D eigenvalue weighted by molar-refractivity contribution is 0.0161. The highest BCUT2D eigenvalue weighted by molar-refractivity contribution is 5.87. The van der Waals surface area contributed by atoms with E-state index in [9.17, 15) is 41.7 Å². The van der Waals surface area contributed by atoms with Gasteiger partial charge in [0.25, 0.3) is 0 Å². The molecule has 0 fully saturated rings. The number of fused-ring (bicyclic) bond motifs is 9. The number of aromatic nitrogens is 5. The van der Waals surface area contributed by atoms with Gasteiger partial charge in [-0.1, -0.05) is 26.8 Å². The Morgan fingerprint density at radius 2 is 0.846 bits per heavy atom. The quantitative estimate of drug-likeness (QED) is 0.0440. The van der Waals surface area contributed by atoms with Crippen molar-refractivity contribution >= 4 is 32.7 Å². The van der Waals surface area contributed by atoms with Crippen molar-refractivity contribution in [2.45, 2.75) is 154 Å². The summed E-state index contributed by atoms with van der Waals surface area (Å²) in [5.41, 5.74) is 3.15. The molecule has 0 spiro atoms. The van der Waals surface area contributed by atoms with Crippen LogP contribution in [0.5, 0.6) is 0 Å². The van der Waals surface area contributed by atoms with Crippen molar-refractivity contribution in [2.24, 2.45) is 0 Å². The summed E-state index contributed by atoms with van der Waals surface area (Å²) in [5.74, 6) is -4.29. The molecule has 4 aromatic carbocycles. The number of aliphatic hydroxyl groups excluding tert-OH is 3. The number of hydrogen-bond acceptors (Lipinski definition) is 8. The van der Waals surface area contributed by atoms with E-state index in [1.54, 1.807) is 28.9 Å². The van der Waals surface area contributed by atoms with Crippen molar-refractivity contribution in [3.63, 3.8) is 0 Å². The molecule has 0 aliphatic carbocycles. The highest BCUT2D eigenvalue weighted by atomic mass is 19.2. The van der Waals surface area contributed by atoms with Gasteiger partial charge in [-0.15, -0.1) is 0 Å². The second kappa shape index (κ2) is 26.5. The zero-order valence-corrected chi connectivity index (χ0v) is 52.5. The first-order chi connectivity index (χ1) is 43.1. The highest BCUT2D eigenvalue weighted by Gasteiger charge is 2.45. The van der Waals surface area contributed by atoms with Gasteiger partial charge in [-0.3, -0.25) is 19.7 Å². The summed E-state index contributed by atoms with van der Waals surface area (Å²) < 4.78 is 147. The third-order valence-corrected chi connectivity index (χ3v) is 18.2. The average Bonchev–Trinajstić information content (AvgIpc) is 1.68. The molecule has 12 rings (SSSR count). The largest absolute Gasteiger partial charge is 0.393 e. The van der Waals surface area contributed by atoms with Crippen LogP contribution in [0.1, 0.15) is 148 Å². The summed E-state index contributed by atoms with van der Waals surface area (Å²) in [6.45, 7) is 13.0. The van der Waals surface area contributed by atoms with Gasteiger partial charge >= 0.3 is 0 Å². The first-order valence-corrected chi connectivity index (χ1v) is 31.0. The molecule has 6 N–H and O–H groups in total. The van der Waals surface area contributed by atoms with Gasteiger partial charge in [-0.05, 0) is 187 Å². The van der Waals surface area contributed by atoms with Crippen LogP contribution in [0.2, 0.25) is 0 Å². The van der Waals surface area contributed by atoms with Crippen LogP contribution >= 0.6 is 0 Å². The van der Waals surface area contributed by atoms with Crippen LogP contribution in [0.15, 0.2) is 91.1 Å². The van der Waals surface area contributed by atoms with Gasteiger partial charge in [0.1, 0.15) is 51.9 Å². The molecule has 5 aromatic heterocycles. The molecule has 0 saturated heterocycles. The fourth-order valence-corrected chi connectivity index (χ4v) is 13.5. The zero-order valence-electron chi connectivity index (χ0n) is 52.5. The van der Waals surface area contributed by atoms with E-state index in [4.69, 9.17) is 0 Å². The normalized spacial score (nSPS) is 21.5. The van der Waals surface area contributed by atoms with Crippen molar-refractivity contribution in [3.05, 3.63) is 199 Å². The Morgan fingerprint density at radius 3 is 1.20 bits per heavy atom. The van der Waals surface area contributed by atoms with Crippen LogP contribution in [0.4, 0.5) is 43.9 Å². The molecule has 9 unspecified atom stereocenters. The fraction of sp³-hybridized carbons (Fsp3) is 0.429. The van der Waals surface area contributed by atoms with Gasteiger partial charge in [-0.2, -0.15) is 4.39 Å². The Bertz CT molecular complexity index is 3870. The van der Waals surface area contributed by atoms with E-state index >= 15 is 17.6 Å². The number of pyridine rings is 2. The summed E-state index contributed by atoms with van der Waals surface area (Å²) in [6.07, 6.45) is 5.22. The summed E-state index contributed by atoms with van der Waals surface area (Å²) in [7, 11) is 0. The number of rotatable bonds is 15. The zero-order chi connectivity index (χ0) is 65.8. The molecule has 0 amide bonds. The molecule has 0 bridgehead atoms. The number of nitrogens with zero attached hydrogens (tertiary/aromatic N) is 5. The maximum atomic E-state index is 15.2. The van der Waals surface area contributed by atoms with Gasteiger partial charge in [0.15, 0.2) is 0 Å². The lowest BCUT2D eigenvalue weighted by Crippen LogP contribution is -2.50. The van der Waals surface area contributed by atoms with Crippen LogP contribution in [-0.2, 0) is 38.5 Å². The number of aromatic amines is 3. The second-order valence-electron chi connectivity index (χ2n) is 25.6. The topological polar surface area (TPSA) is 144 Å². The number of aliphatic hydroxyl groups is 3. The Balaban J connectivity index is 0.000000150. The predicted molar refractivity (Wildman–Crippen MR) is 333 cm³/mol. The number of H-pyrrole nitrogens is 3. The number of halogens is 10. The average molecular weight is 1270 g/mol. The number of benzene rings is 4. The first kappa shape index (κ1) is 66.8. The number of aryl methyl sites for hydroxylation is 3. The van der Waals surface area contributed by atoms with E-state index in [1.165, 1.54) is 75.4 Å². The van der Waals surface area contributed by atoms with E-state index < -0.39 is 83.9 Å². The van der Waals surface area contributed by atoms with Crippen molar-refractivity contribution in [1.29, 1.82) is 0 Å². The maximum Gasteiger partial charge on any atom is 0.221 e. The first-order valence-electron chi connectivity index (χ1n) is 31.0. The molecule has 9 aromatic rings. The Hall–Kier alpha value is -7.14. The minimum absolute atomic E-state index is 0.0454. The maximum absolute atomic E-state index is 15.2. The van der Waals surface area contributed by atoms with Crippen LogP contribution in [0.25, 0.3) is 32.7 Å². The van der Waals surface area contributed by atoms with Crippen LogP contribution < -0.4 is 0 Å². The molecule has 0 radical (unpaired) electrons. The van der Waals surface area contributed by atoms with E-state index in [-0.39, 0.29) is 66.4 Å². The number of nitrogens with one attached hydrogen (secondary N) is 3. The standard InChI is InChI=1S/C24H26F4N2O.C23H25F4N3O.C23H27F2N3O/c1-4-14-8-18(26)21(19(27)9-14)23-22-17(16-6-5-15(25)10-20(16)29-22)7-13(2)30(23)11-24(3,28)12-31;1-4-14-9-17(25)19(22(26)28-14)21-20-16(15-6-5-13(24)8-18(15)29-20)7-12(2)30(21)10-23(3,27)11-31;1-4-17-7-5-15(11-26-17)22-21-19(18-8-6-16(24)10-20(18)27-21)9-14(2)28(22)12-23(3,25)13-29/h5-6,8-10,13,23,29,31H,4,7,11-12H2,1-3H3;5-6,8-9,12,21,29,31H,4,7,10-11H2,1-3H3;5-8,10-11,14,22,27,29H,4,9,12-13H2,1-3H3. The number of hydrogen-bond donors (Lipinski definition) is 6. The van der Waals surface area contributed by atoms with E-state index in [0.717, 1.165) is 68.2 Å². The van der Waals surface area contributed by atoms with Crippen molar-refractivity contribution in [1.82, 2.24) is 39.6 Å². The van der Waals surface area contributed by atoms with Crippen LogP contribution in [-0.4, -0.2) is 130 Å². The molecule has 21 heteroatoms. The molecule has 8 heterocycles. The van der Waals surface area contributed by atoms with Gasteiger partial charge < -0.3 is 30.3 Å². The molecule has 11 nitrogen and oxygen atoms in total. The van der Waals surface area contributed by atoms with Crippen LogP contribution in [0.3, 0.4) is 0 Å².